The molecule has 0 radical (unpaired) electrons. The van der Waals surface area contributed by atoms with Crippen molar-refractivity contribution >= 4 is 11.6 Å². The summed E-state index contributed by atoms with van der Waals surface area (Å²) in [5.74, 6) is 0. The summed E-state index contributed by atoms with van der Waals surface area (Å²) >= 11 is 6.18. The zero-order valence-electron chi connectivity index (χ0n) is 11.9. The minimum atomic E-state index is 0.730. The highest BCUT2D eigenvalue weighted by Gasteiger charge is 2.08. The van der Waals surface area contributed by atoms with Gasteiger partial charge in [-0.2, -0.15) is 0 Å². The summed E-state index contributed by atoms with van der Waals surface area (Å²) in [4.78, 5) is 0. The number of hydrogen-bond acceptors (Lipinski definition) is 1. The molecular weight excluding hydrogens is 282 g/mol. The van der Waals surface area contributed by atoms with Crippen LogP contribution in [-0.4, -0.2) is 9.78 Å². The van der Waals surface area contributed by atoms with Crippen LogP contribution in [0.1, 0.15) is 16.7 Å². The Labute approximate surface area is 129 Å². The van der Waals surface area contributed by atoms with E-state index in [2.05, 4.69) is 36.3 Å². The van der Waals surface area contributed by atoms with E-state index in [1.807, 2.05) is 46.2 Å². The van der Waals surface area contributed by atoms with Gasteiger partial charge in [0.15, 0.2) is 0 Å². The Kier molecular flexibility index (Phi) is 4.02. The zero-order valence-corrected chi connectivity index (χ0v) is 12.7. The molecule has 0 spiro atoms. The van der Waals surface area contributed by atoms with E-state index in [0.717, 1.165) is 23.7 Å². The van der Waals surface area contributed by atoms with Crippen LogP contribution < -0.4 is 4.57 Å². The minimum Gasteiger partial charge on any atom is -0.233 e. The second-order valence-corrected chi connectivity index (χ2v) is 5.60. The fourth-order valence-corrected chi connectivity index (χ4v) is 2.43. The number of hydrogen-bond donors (Lipinski definition) is 0. The Hall–Kier alpha value is -2.13. The van der Waals surface area contributed by atoms with Gasteiger partial charge in [0.1, 0.15) is 6.54 Å². The van der Waals surface area contributed by atoms with Crippen molar-refractivity contribution in [1.29, 1.82) is 0 Å². The van der Waals surface area contributed by atoms with Crippen LogP contribution in [0.15, 0.2) is 61.2 Å². The summed E-state index contributed by atoms with van der Waals surface area (Å²) in [6.45, 7) is 3.60. The second kappa shape index (κ2) is 6.10. The van der Waals surface area contributed by atoms with Gasteiger partial charge in [-0.05, 0) is 18.6 Å². The Bertz CT molecular complexity index is 732. The predicted octanol–water partition coefficient (Wildman–Crippen LogP) is 3.23. The molecule has 106 valence electrons. The molecule has 0 N–H and O–H groups in total. The van der Waals surface area contributed by atoms with E-state index in [1.165, 1.54) is 11.1 Å². The first-order valence-electron chi connectivity index (χ1n) is 6.91. The summed E-state index contributed by atoms with van der Waals surface area (Å²) in [5, 5.41) is 5.18. The lowest BCUT2D eigenvalue weighted by Crippen LogP contribution is -2.31. The van der Waals surface area contributed by atoms with Crippen molar-refractivity contribution in [3.05, 3.63) is 82.9 Å². The first kappa shape index (κ1) is 13.8. The summed E-state index contributed by atoms with van der Waals surface area (Å²) in [7, 11) is 0. The molecule has 0 unspecified atom stereocenters. The fraction of sp³-hybridized carbons (Fsp3) is 0.176. The van der Waals surface area contributed by atoms with Gasteiger partial charge in [0.05, 0.1) is 6.54 Å². The molecule has 0 bridgehead atoms. The molecule has 0 atom stereocenters. The van der Waals surface area contributed by atoms with Crippen LogP contribution in [0.4, 0.5) is 0 Å². The summed E-state index contributed by atoms with van der Waals surface area (Å²) in [5.41, 5.74) is 3.61. The van der Waals surface area contributed by atoms with Crippen molar-refractivity contribution < 1.29 is 4.57 Å². The number of aryl methyl sites for hydroxylation is 1. The molecule has 0 saturated heterocycles. The molecule has 0 amide bonds. The molecule has 0 fully saturated rings. The molecule has 3 aromatic rings. The normalized spacial score (nSPS) is 10.8. The number of benzene rings is 2. The van der Waals surface area contributed by atoms with Gasteiger partial charge in [-0.15, -0.1) is 4.68 Å². The molecule has 2 aromatic carbocycles. The topological polar surface area (TPSA) is 21.7 Å². The standard InChI is InChI=1S/C17H17ClN3/c1-14-6-8-15(9-7-14)10-21-13-20(12-19-21)11-16-4-2-3-5-17(16)18/h2-9,12-13H,10-11H2,1H3/q+1. The Morgan fingerprint density at radius 3 is 2.62 bits per heavy atom. The van der Waals surface area contributed by atoms with Gasteiger partial charge in [0.25, 0.3) is 6.33 Å². The van der Waals surface area contributed by atoms with Crippen LogP contribution in [0, 0.1) is 6.92 Å². The molecule has 0 aliphatic carbocycles. The third kappa shape index (κ3) is 3.50. The van der Waals surface area contributed by atoms with Gasteiger partial charge in [-0.1, -0.05) is 59.6 Å². The van der Waals surface area contributed by atoms with Crippen molar-refractivity contribution in [2.45, 2.75) is 20.0 Å². The van der Waals surface area contributed by atoms with Crippen molar-refractivity contribution in [1.82, 2.24) is 9.78 Å². The van der Waals surface area contributed by atoms with E-state index in [9.17, 15) is 0 Å². The van der Waals surface area contributed by atoms with E-state index in [-0.39, 0.29) is 0 Å². The molecule has 1 aromatic heterocycles. The third-order valence-electron chi connectivity index (χ3n) is 3.41. The van der Waals surface area contributed by atoms with E-state index in [4.69, 9.17) is 11.6 Å². The Morgan fingerprint density at radius 1 is 1.10 bits per heavy atom. The maximum absolute atomic E-state index is 6.18. The van der Waals surface area contributed by atoms with E-state index in [1.54, 1.807) is 0 Å². The number of nitrogens with zero attached hydrogens (tertiary/aromatic N) is 3. The first-order valence-corrected chi connectivity index (χ1v) is 7.29. The van der Waals surface area contributed by atoms with Crippen LogP contribution in [0.2, 0.25) is 5.02 Å². The van der Waals surface area contributed by atoms with E-state index < -0.39 is 0 Å². The van der Waals surface area contributed by atoms with E-state index in [0.29, 0.717) is 0 Å². The maximum atomic E-state index is 6.18. The SMILES string of the molecule is Cc1ccc(Cn2c[n+](Cc3ccccc3Cl)cn2)cc1. The van der Waals surface area contributed by atoms with E-state index >= 15 is 0 Å². The molecule has 4 heteroatoms. The molecule has 21 heavy (non-hydrogen) atoms. The largest absolute Gasteiger partial charge is 0.265 e. The van der Waals surface area contributed by atoms with Crippen LogP contribution in [0.3, 0.4) is 0 Å². The molecule has 0 aliphatic rings. The summed E-state index contributed by atoms with van der Waals surface area (Å²) in [6.07, 6.45) is 3.83. The minimum absolute atomic E-state index is 0.730. The average molecular weight is 299 g/mol. The smallest absolute Gasteiger partial charge is 0.233 e. The molecule has 3 nitrogen and oxygen atoms in total. The molecular formula is C17H17ClN3+. The fourth-order valence-electron chi connectivity index (χ4n) is 2.23. The first-order chi connectivity index (χ1) is 10.2. The lowest BCUT2D eigenvalue weighted by atomic mass is 10.1. The number of rotatable bonds is 4. The molecule has 3 rings (SSSR count). The maximum Gasteiger partial charge on any atom is 0.265 e. The molecule has 0 aliphatic heterocycles. The van der Waals surface area contributed by atoms with Crippen LogP contribution >= 0.6 is 11.6 Å². The number of aromatic nitrogens is 3. The molecule has 0 saturated carbocycles. The Morgan fingerprint density at radius 2 is 1.86 bits per heavy atom. The van der Waals surface area contributed by atoms with Gasteiger partial charge < -0.3 is 0 Å². The van der Waals surface area contributed by atoms with Crippen molar-refractivity contribution in [3.8, 4) is 0 Å². The lowest BCUT2D eigenvalue weighted by molar-refractivity contribution is -0.689. The van der Waals surface area contributed by atoms with Gasteiger partial charge in [-0.3, -0.25) is 0 Å². The van der Waals surface area contributed by atoms with Gasteiger partial charge in [-0.25, -0.2) is 4.57 Å². The van der Waals surface area contributed by atoms with Crippen LogP contribution in [0.25, 0.3) is 0 Å². The predicted molar refractivity (Wildman–Crippen MR) is 83.3 cm³/mol. The molecule has 1 heterocycles. The monoisotopic (exact) mass is 298 g/mol. The van der Waals surface area contributed by atoms with Gasteiger partial charge in [0.2, 0.25) is 6.33 Å². The highest BCUT2D eigenvalue weighted by Crippen LogP contribution is 2.14. The third-order valence-corrected chi connectivity index (χ3v) is 3.77. The van der Waals surface area contributed by atoms with Crippen molar-refractivity contribution in [2.75, 3.05) is 0 Å². The number of halogens is 1. The van der Waals surface area contributed by atoms with Gasteiger partial charge in [0, 0.05) is 15.7 Å². The quantitative estimate of drug-likeness (QED) is 0.678. The van der Waals surface area contributed by atoms with Gasteiger partial charge >= 0.3 is 0 Å². The second-order valence-electron chi connectivity index (χ2n) is 5.19. The highest BCUT2D eigenvalue weighted by atomic mass is 35.5. The van der Waals surface area contributed by atoms with Crippen LogP contribution in [0.5, 0.6) is 0 Å². The summed E-state index contributed by atoms with van der Waals surface area (Å²) in [6, 6.07) is 16.4. The van der Waals surface area contributed by atoms with Crippen molar-refractivity contribution in [3.63, 3.8) is 0 Å². The zero-order chi connectivity index (χ0) is 14.7. The van der Waals surface area contributed by atoms with Crippen molar-refractivity contribution in [2.24, 2.45) is 0 Å². The van der Waals surface area contributed by atoms with Crippen LogP contribution in [-0.2, 0) is 13.1 Å². The highest BCUT2D eigenvalue weighted by molar-refractivity contribution is 6.31. The lowest BCUT2D eigenvalue weighted by Gasteiger charge is -2.00. The average Bonchev–Trinajstić information content (AvgIpc) is 2.91. The summed E-state index contributed by atoms with van der Waals surface area (Å²) < 4.78 is 3.97. The Balaban J connectivity index is 1.72.